The Morgan fingerprint density at radius 2 is 2.23 bits per heavy atom. The maximum absolute atomic E-state index is 12.5. The monoisotopic (exact) mass is 195 g/mol. The van der Waals surface area contributed by atoms with Crippen molar-refractivity contribution in [2.45, 2.75) is 0 Å². The molecule has 0 aliphatic heterocycles. The molecule has 2 heterocycles. The normalized spacial score (nSPS) is 10.2. The first-order valence-electron chi connectivity index (χ1n) is 3.58. The van der Waals surface area contributed by atoms with Gasteiger partial charge in [0.15, 0.2) is 5.13 Å². The SMILES string of the molecule is Nc1nc(-c2ccc(F)nc2)cs1. The zero-order chi connectivity index (χ0) is 9.26. The molecule has 0 atom stereocenters. The number of anilines is 1. The van der Waals surface area contributed by atoms with E-state index in [0.29, 0.717) is 5.13 Å². The van der Waals surface area contributed by atoms with Crippen LogP contribution in [0.15, 0.2) is 23.7 Å². The Morgan fingerprint density at radius 1 is 1.38 bits per heavy atom. The zero-order valence-electron chi connectivity index (χ0n) is 6.57. The lowest BCUT2D eigenvalue weighted by atomic mass is 10.2. The highest BCUT2D eigenvalue weighted by Crippen LogP contribution is 2.21. The van der Waals surface area contributed by atoms with E-state index in [-0.39, 0.29) is 0 Å². The quantitative estimate of drug-likeness (QED) is 0.707. The van der Waals surface area contributed by atoms with Crippen molar-refractivity contribution < 1.29 is 4.39 Å². The third kappa shape index (κ3) is 1.65. The van der Waals surface area contributed by atoms with Crippen LogP contribution in [0.2, 0.25) is 0 Å². The molecule has 0 amide bonds. The Balaban J connectivity index is 2.41. The zero-order valence-corrected chi connectivity index (χ0v) is 7.38. The summed E-state index contributed by atoms with van der Waals surface area (Å²) < 4.78 is 12.5. The molecule has 0 radical (unpaired) electrons. The molecule has 0 aliphatic carbocycles. The third-order valence-electron chi connectivity index (χ3n) is 1.55. The molecular weight excluding hydrogens is 189 g/mol. The van der Waals surface area contributed by atoms with E-state index in [0.717, 1.165) is 11.3 Å². The van der Waals surface area contributed by atoms with E-state index in [2.05, 4.69) is 9.97 Å². The molecule has 0 aliphatic rings. The van der Waals surface area contributed by atoms with Crippen LogP contribution in [0.1, 0.15) is 0 Å². The van der Waals surface area contributed by atoms with Crippen molar-refractivity contribution in [3.8, 4) is 11.3 Å². The summed E-state index contributed by atoms with van der Waals surface area (Å²) in [6.45, 7) is 0. The predicted octanol–water partition coefficient (Wildman–Crippen LogP) is 1.93. The molecule has 2 aromatic heterocycles. The van der Waals surface area contributed by atoms with Crippen LogP contribution in [-0.2, 0) is 0 Å². The first-order chi connectivity index (χ1) is 6.25. The van der Waals surface area contributed by atoms with E-state index in [1.807, 2.05) is 5.38 Å². The van der Waals surface area contributed by atoms with Crippen molar-refractivity contribution in [3.63, 3.8) is 0 Å². The number of rotatable bonds is 1. The van der Waals surface area contributed by atoms with Crippen molar-refractivity contribution in [3.05, 3.63) is 29.7 Å². The van der Waals surface area contributed by atoms with Gasteiger partial charge in [0.1, 0.15) is 0 Å². The van der Waals surface area contributed by atoms with Crippen molar-refractivity contribution in [1.82, 2.24) is 9.97 Å². The second kappa shape index (κ2) is 3.10. The molecule has 5 heteroatoms. The van der Waals surface area contributed by atoms with Gasteiger partial charge in [0.05, 0.1) is 5.69 Å². The molecule has 66 valence electrons. The summed E-state index contributed by atoms with van der Waals surface area (Å²) in [4.78, 5) is 7.57. The molecule has 0 fully saturated rings. The molecular formula is C8H6FN3S. The van der Waals surface area contributed by atoms with Gasteiger partial charge in [-0.2, -0.15) is 4.39 Å². The molecule has 0 aromatic carbocycles. The van der Waals surface area contributed by atoms with Crippen molar-refractivity contribution >= 4 is 16.5 Å². The molecule has 0 saturated carbocycles. The average molecular weight is 195 g/mol. The lowest BCUT2D eigenvalue weighted by Crippen LogP contribution is -1.85. The van der Waals surface area contributed by atoms with E-state index in [4.69, 9.17) is 5.73 Å². The number of hydrogen-bond acceptors (Lipinski definition) is 4. The van der Waals surface area contributed by atoms with Crippen LogP contribution in [-0.4, -0.2) is 9.97 Å². The van der Waals surface area contributed by atoms with Crippen LogP contribution < -0.4 is 5.73 Å². The Labute approximate surface area is 78.1 Å². The number of pyridine rings is 1. The first kappa shape index (κ1) is 8.12. The Hall–Kier alpha value is -1.49. The summed E-state index contributed by atoms with van der Waals surface area (Å²) >= 11 is 1.35. The van der Waals surface area contributed by atoms with Crippen LogP contribution in [0.25, 0.3) is 11.3 Å². The minimum atomic E-state index is -0.494. The van der Waals surface area contributed by atoms with Crippen LogP contribution in [0.4, 0.5) is 9.52 Å². The highest BCUT2D eigenvalue weighted by atomic mass is 32.1. The second-order valence-electron chi connectivity index (χ2n) is 2.44. The second-order valence-corrected chi connectivity index (χ2v) is 3.33. The number of nitrogen functional groups attached to an aromatic ring is 1. The lowest BCUT2D eigenvalue weighted by molar-refractivity contribution is 0.584. The van der Waals surface area contributed by atoms with Crippen LogP contribution in [0, 0.1) is 5.95 Å². The van der Waals surface area contributed by atoms with Gasteiger partial charge in [-0.3, -0.25) is 0 Å². The number of nitrogens with zero attached hydrogens (tertiary/aromatic N) is 2. The minimum Gasteiger partial charge on any atom is -0.375 e. The molecule has 2 N–H and O–H groups in total. The van der Waals surface area contributed by atoms with Gasteiger partial charge < -0.3 is 5.73 Å². The fraction of sp³-hybridized carbons (Fsp3) is 0. The molecule has 0 unspecified atom stereocenters. The van der Waals surface area contributed by atoms with Gasteiger partial charge in [0.25, 0.3) is 0 Å². The van der Waals surface area contributed by atoms with E-state index >= 15 is 0 Å². The van der Waals surface area contributed by atoms with Crippen molar-refractivity contribution in [1.29, 1.82) is 0 Å². The van der Waals surface area contributed by atoms with Gasteiger partial charge in [0, 0.05) is 17.1 Å². The lowest BCUT2D eigenvalue weighted by Gasteiger charge is -1.93. The Morgan fingerprint density at radius 3 is 2.77 bits per heavy atom. The standard InChI is InChI=1S/C8H6FN3S/c9-7-2-1-5(3-11-7)6-4-13-8(10)12-6/h1-4H,(H2,10,12). The third-order valence-corrected chi connectivity index (χ3v) is 2.22. The van der Waals surface area contributed by atoms with E-state index < -0.39 is 5.95 Å². The van der Waals surface area contributed by atoms with Crippen LogP contribution in [0.3, 0.4) is 0 Å². The smallest absolute Gasteiger partial charge is 0.212 e. The van der Waals surface area contributed by atoms with Gasteiger partial charge in [-0.05, 0) is 12.1 Å². The largest absolute Gasteiger partial charge is 0.375 e. The van der Waals surface area contributed by atoms with Gasteiger partial charge in [-0.1, -0.05) is 0 Å². The van der Waals surface area contributed by atoms with Gasteiger partial charge in [0.2, 0.25) is 5.95 Å². The fourth-order valence-electron chi connectivity index (χ4n) is 0.948. The Kier molecular flexibility index (Phi) is 1.94. The summed E-state index contributed by atoms with van der Waals surface area (Å²) in [7, 11) is 0. The molecule has 3 nitrogen and oxygen atoms in total. The molecule has 13 heavy (non-hydrogen) atoms. The molecule has 0 saturated heterocycles. The highest BCUT2D eigenvalue weighted by molar-refractivity contribution is 7.13. The number of thiazole rings is 1. The minimum absolute atomic E-state index is 0.494. The van der Waals surface area contributed by atoms with Crippen molar-refractivity contribution in [2.75, 3.05) is 5.73 Å². The number of halogens is 1. The van der Waals surface area contributed by atoms with E-state index in [1.165, 1.54) is 23.6 Å². The summed E-state index contributed by atoms with van der Waals surface area (Å²) in [5, 5.41) is 2.31. The predicted molar refractivity (Wildman–Crippen MR) is 49.7 cm³/mol. The van der Waals surface area contributed by atoms with Crippen molar-refractivity contribution in [2.24, 2.45) is 0 Å². The Bertz CT molecular complexity index is 410. The van der Waals surface area contributed by atoms with E-state index in [9.17, 15) is 4.39 Å². The summed E-state index contributed by atoms with van der Waals surface area (Å²) in [5.41, 5.74) is 6.96. The van der Waals surface area contributed by atoms with Gasteiger partial charge in [-0.15, -0.1) is 11.3 Å². The summed E-state index contributed by atoms with van der Waals surface area (Å²) in [5.74, 6) is -0.494. The highest BCUT2D eigenvalue weighted by Gasteiger charge is 2.02. The number of hydrogen-bond donors (Lipinski definition) is 1. The topological polar surface area (TPSA) is 51.8 Å². The number of nitrogens with two attached hydrogens (primary N) is 1. The number of aromatic nitrogens is 2. The fourth-order valence-corrected chi connectivity index (χ4v) is 1.52. The van der Waals surface area contributed by atoms with Gasteiger partial charge >= 0.3 is 0 Å². The van der Waals surface area contributed by atoms with Crippen LogP contribution >= 0.6 is 11.3 Å². The summed E-state index contributed by atoms with van der Waals surface area (Å²) in [6.07, 6.45) is 1.43. The van der Waals surface area contributed by atoms with Crippen LogP contribution in [0.5, 0.6) is 0 Å². The maximum Gasteiger partial charge on any atom is 0.212 e. The summed E-state index contributed by atoms with van der Waals surface area (Å²) in [6, 6.07) is 2.92. The first-order valence-corrected chi connectivity index (χ1v) is 4.46. The molecule has 2 rings (SSSR count). The molecule has 0 spiro atoms. The average Bonchev–Trinajstić information content (AvgIpc) is 2.53. The van der Waals surface area contributed by atoms with E-state index in [1.54, 1.807) is 6.07 Å². The van der Waals surface area contributed by atoms with Gasteiger partial charge in [-0.25, -0.2) is 9.97 Å². The molecule has 2 aromatic rings. The maximum atomic E-state index is 12.5. The molecule has 0 bridgehead atoms.